The van der Waals surface area contributed by atoms with Gasteiger partial charge < -0.3 is 25.6 Å². The first kappa shape index (κ1) is 26.6. The predicted molar refractivity (Wildman–Crippen MR) is 157 cm³/mol. The number of nitrogens with zero attached hydrogens (tertiary/aromatic N) is 4. The van der Waals surface area contributed by atoms with Crippen molar-refractivity contribution in [3.8, 4) is 11.3 Å². The number of carbonyl (C=O) groups is 2. The minimum absolute atomic E-state index is 0.172. The summed E-state index contributed by atoms with van der Waals surface area (Å²) in [5.41, 5.74) is 4.13. The van der Waals surface area contributed by atoms with Gasteiger partial charge in [0.25, 0.3) is 0 Å². The van der Waals surface area contributed by atoms with Crippen LogP contribution in [0.25, 0.3) is 22.2 Å². The number of fused-ring (bicyclic) bond motifs is 1. The third-order valence-electron chi connectivity index (χ3n) is 6.14. The van der Waals surface area contributed by atoms with Gasteiger partial charge in [0.2, 0.25) is 11.9 Å². The number of ether oxygens (including phenoxy) is 1. The molecule has 3 N–H and O–H groups in total. The van der Waals surface area contributed by atoms with E-state index in [4.69, 9.17) is 9.72 Å². The van der Waals surface area contributed by atoms with Crippen LogP contribution < -0.4 is 16.0 Å². The Morgan fingerprint density at radius 3 is 2.50 bits per heavy atom. The highest BCUT2D eigenvalue weighted by atomic mass is 16.6. The number of pyridine rings is 1. The van der Waals surface area contributed by atoms with Gasteiger partial charge in [0.05, 0.1) is 17.3 Å². The van der Waals surface area contributed by atoms with Crippen LogP contribution in [0.2, 0.25) is 0 Å². The highest BCUT2D eigenvalue weighted by Gasteiger charge is 2.33. The highest BCUT2D eigenvalue weighted by molar-refractivity contribution is 5.99. The first-order valence-electron chi connectivity index (χ1n) is 12.9. The number of aromatic nitrogens is 3. The van der Waals surface area contributed by atoms with Crippen molar-refractivity contribution in [1.29, 1.82) is 0 Å². The van der Waals surface area contributed by atoms with Crippen molar-refractivity contribution in [2.45, 2.75) is 32.4 Å². The number of para-hydroxylation sites is 1. The summed E-state index contributed by atoms with van der Waals surface area (Å²) in [6.07, 6.45) is 4.34. The molecule has 0 radical (unpaired) electrons. The van der Waals surface area contributed by atoms with Crippen molar-refractivity contribution in [2.75, 3.05) is 29.0 Å². The summed E-state index contributed by atoms with van der Waals surface area (Å²) < 4.78 is 5.41. The van der Waals surface area contributed by atoms with Crippen molar-refractivity contribution in [3.63, 3.8) is 0 Å². The fourth-order valence-corrected chi connectivity index (χ4v) is 4.23. The van der Waals surface area contributed by atoms with E-state index in [1.807, 2.05) is 63.2 Å². The summed E-state index contributed by atoms with van der Waals surface area (Å²) in [6, 6.07) is 17.3. The molecule has 2 aromatic heterocycles. The van der Waals surface area contributed by atoms with Crippen molar-refractivity contribution in [3.05, 3.63) is 79.6 Å². The lowest BCUT2D eigenvalue weighted by molar-refractivity contribution is -0.111. The standard InChI is InChI=1S/C30H31N7O3/c1-5-26(38)34-22-13-14-31-25(15-22)24-8-6-7-19-16-32-28(36-27(19)24)35-21-11-9-20(10-12-21)33-23-17-37(18-23)29(39)40-30(2,3)4/h5-16,23,33H,1,17-18H2,2-4H3,(H,31,34,38)(H,32,35,36). The summed E-state index contributed by atoms with van der Waals surface area (Å²) in [5.74, 6) is 0.157. The Labute approximate surface area is 232 Å². The summed E-state index contributed by atoms with van der Waals surface area (Å²) in [6.45, 7) is 10.3. The molecule has 0 unspecified atom stereocenters. The van der Waals surface area contributed by atoms with E-state index in [0.717, 1.165) is 27.8 Å². The van der Waals surface area contributed by atoms with Gasteiger partial charge in [-0.25, -0.2) is 14.8 Å². The number of hydrogen-bond donors (Lipinski definition) is 3. The molecular weight excluding hydrogens is 506 g/mol. The van der Waals surface area contributed by atoms with E-state index in [2.05, 4.69) is 32.5 Å². The number of anilines is 4. The minimum atomic E-state index is -0.499. The van der Waals surface area contributed by atoms with Crippen molar-refractivity contribution in [1.82, 2.24) is 19.9 Å². The van der Waals surface area contributed by atoms with E-state index in [1.165, 1.54) is 6.08 Å². The molecular formula is C30H31N7O3. The van der Waals surface area contributed by atoms with E-state index < -0.39 is 5.60 Å². The molecule has 10 heteroatoms. The summed E-state index contributed by atoms with van der Waals surface area (Å²) in [5, 5.41) is 10.3. The van der Waals surface area contributed by atoms with E-state index in [1.54, 1.807) is 29.4 Å². The molecule has 4 aromatic rings. The Morgan fingerprint density at radius 1 is 1.02 bits per heavy atom. The number of nitrogens with one attached hydrogen (secondary N) is 3. The molecule has 204 valence electrons. The Balaban J connectivity index is 1.25. The number of hydrogen-bond acceptors (Lipinski definition) is 8. The maximum atomic E-state index is 12.1. The van der Waals surface area contributed by atoms with E-state index in [9.17, 15) is 9.59 Å². The fraction of sp³-hybridized carbons (Fsp3) is 0.233. The topological polar surface area (TPSA) is 121 Å². The Bertz CT molecular complexity index is 1560. The van der Waals surface area contributed by atoms with E-state index in [0.29, 0.717) is 30.4 Å². The number of benzene rings is 2. The Morgan fingerprint density at radius 2 is 1.77 bits per heavy atom. The maximum absolute atomic E-state index is 12.1. The second-order valence-corrected chi connectivity index (χ2v) is 10.5. The number of carbonyl (C=O) groups excluding carboxylic acids is 2. The predicted octanol–water partition coefficient (Wildman–Crippen LogP) is 5.59. The number of rotatable bonds is 7. The first-order valence-corrected chi connectivity index (χ1v) is 12.9. The second kappa shape index (κ2) is 11.0. The molecule has 1 aliphatic heterocycles. The quantitative estimate of drug-likeness (QED) is 0.261. The zero-order chi connectivity index (χ0) is 28.3. The maximum Gasteiger partial charge on any atom is 0.410 e. The van der Waals surface area contributed by atoms with Crippen LogP contribution in [0.1, 0.15) is 20.8 Å². The van der Waals surface area contributed by atoms with E-state index >= 15 is 0 Å². The Kier molecular flexibility index (Phi) is 7.33. The molecule has 0 bridgehead atoms. The monoisotopic (exact) mass is 537 g/mol. The normalized spacial score (nSPS) is 13.3. The lowest BCUT2D eigenvalue weighted by atomic mass is 10.1. The smallest absolute Gasteiger partial charge is 0.410 e. The zero-order valence-corrected chi connectivity index (χ0v) is 22.6. The van der Waals surface area contributed by atoms with Crippen LogP contribution in [0.4, 0.5) is 27.8 Å². The lowest BCUT2D eigenvalue weighted by Gasteiger charge is -2.40. The van der Waals surface area contributed by atoms with Crippen LogP contribution >= 0.6 is 0 Å². The average molecular weight is 538 g/mol. The van der Waals surface area contributed by atoms with Crippen LogP contribution in [0, 0.1) is 0 Å². The van der Waals surface area contributed by atoms with E-state index in [-0.39, 0.29) is 18.0 Å². The highest BCUT2D eigenvalue weighted by Crippen LogP contribution is 2.29. The first-order chi connectivity index (χ1) is 19.2. The summed E-state index contributed by atoms with van der Waals surface area (Å²) in [7, 11) is 0. The minimum Gasteiger partial charge on any atom is -0.444 e. The second-order valence-electron chi connectivity index (χ2n) is 10.5. The van der Waals surface area contributed by atoms with Crippen LogP contribution in [0.3, 0.4) is 0 Å². The van der Waals surface area contributed by atoms with Crippen molar-refractivity contribution < 1.29 is 14.3 Å². The molecule has 40 heavy (non-hydrogen) atoms. The van der Waals surface area contributed by atoms with Gasteiger partial charge in [0, 0.05) is 53.5 Å². The molecule has 0 saturated carbocycles. The molecule has 1 fully saturated rings. The average Bonchev–Trinajstić information content (AvgIpc) is 2.90. The Hall–Kier alpha value is -4.99. The number of likely N-dealkylation sites (tertiary alicyclic amines) is 1. The van der Waals surface area contributed by atoms with Crippen molar-refractivity contribution in [2.24, 2.45) is 0 Å². The van der Waals surface area contributed by atoms with Crippen LogP contribution in [0.5, 0.6) is 0 Å². The fourth-order valence-electron chi connectivity index (χ4n) is 4.23. The largest absolute Gasteiger partial charge is 0.444 e. The van der Waals surface area contributed by atoms with Gasteiger partial charge in [0.15, 0.2) is 0 Å². The lowest BCUT2D eigenvalue weighted by Crippen LogP contribution is -2.57. The summed E-state index contributed by atoms with van der Waals surface area (Å²) >= 11 is 0. The molecule has 0 spiro atoms. The van der Waals surface area contributed by atoms with Crippen LogP contribution in [-0.2, 0) is 9.53 Å². The molecule has 0 atom stereocenters. The van der Waals surface area contributed by atoms with Gasteiger partial charge in [-0.1, -0.05) is 24.8 Å². The van der Waals surface area contributed by atoms with Gasteiger partial charge in [0.1, 0.15) is 5.60 Å². The van der Waals surface area contributed by atoms with Gasteiger partial charge >= 0.3 is 6.09 Å². The molecule has 1 saturated heterocycles. The van der Waals surface area contributed by atoms with Gasteiger partial charge in [-0.15, -0.1) is 0 Å². The van der Waals surface area contributed by atoms with Gasteiger partial charge in [-0.05, 0) is 63.2 Å². The van der Waals surface area contributed by atoms with Crippen LogP contribution in [-0.4, -0.2) is 56.6 Å². The SMILES string of the molecule is C=CC(=O)Nc1ccnc(-c2cccc3cnc(Nc4ccc(NC5CN(C(=O)OC(C)(C)C)C5)cc4)nc23)c1. The molecule has 2 aromatic carbocycles. The number of amides is 2. The molecule has 10 nitrogen and oxygen atoms in total. The van der Waals surface area contributed by atoms with Crippen molar-refractivity contribution >= 4 is 45.9 Å². The third-order valence-corrected chi connectivity index (χ3v) is 6.14. The molecule has 2 amide bonds. The zero-order valence-electron chi connectivity index (χ0n) is 22.6. The van der Waals surface area contributed by atoms with Gasteiger partial charge in [-0.3, -0.25) is 9.78 Å². The van der Waals surface area contributed by atoms with Gasteiger partial charge in [-0.2, -0.15) is 0 Å². The molecule has 5 rings (SSSR count). The van der Waals surface area contributed by atoms with Crippen LogP contribution in [0.15, 0.2) is 79.6 Å². The molecule has 1 aliphatic rings. The molecule has 3 heterocycles. The third kappa shape index (κ3) is 6.35. The molecule has 0 aliphatic carbocycles. The summed E-state index contributed by atoms with van der Waals surface area (Å²) in [4.78, 5) is 39.3.